The standard InChI is InChI=1S/C9H7Cl2NO4/c1-2-16-9(13)8-6(11)3-5(10)4-7(8)12(14)15/h3-4H,2H2,1H3. The summed E-state index contributed by atoms with van der Waals surface area (Å²) in [5.41, 5.74) is -0.742. The first-order valence-electron chi connectivity index (χ1n) is 4.28. The SMILES string of the molecule is CCOC(=O)c1c(Cl)cc(Cl)cc1[N+](=O)[O-]. The Kier molecular flexibility index (Phi) is 4.09. The molecule has 1 aromatic carbocycles. The van der Waals surface area contributed by atoms with Gasteiger partial charge in [0, 0.05) is 11.1 Å². The van der Waals surface area contributed by atoms with Crippen molar-refractivity contribution in [1.29, 1.82) is 0 Å². The van der Waals surface area contributed by atoms with Crippen LogP contribution in [0.25, 0.3) is 0 Å². The molecule has 7 heteroatoms. The third-order valence-electron chi connectivity index (χ3n) is 1.71. The smallest absolute Gasteiger partial charge is 0.346 e. The van der Waals surface area contributed by atoms with Crippen LogP contribution in [0, 0.1) is 10.1 Å². The molecule has 0 saturated heterocycles. The molecule has 0 aliphatic carbocycles. The monoisotopic (exact) mass is 263 g/mol. The summed E-state index contributed by atoms with van der Waals surface area (Å²) in [5.74, 6) is -0.837. The molecule has 1 rings (SSSR count). The minimum Gasteiger partial charge on any atom is -0.462 e. The first-order valence-corrected chi connectivity index (χ1v) is 5.03. The molecule has 86 valence electrons. The summed E-state index contributed by atoms with van der Waals surface area (Å²) in [5, 5.41) is 10.7. The molecule has 0 heterocycles. The maximum absolute atomic E-state index is 11.4. The molecule has 0 atom stereocenters. The molecule has 0 radical (unpaired) electrons. The van der Waals surface area contributed by atoms with E-state index in [1.165, 1.54) is 6.07 Å². The number of halogens is 2. The number of esters is 1. The minimum atomic E-state index is -0.837. The Bertz CT molecular complexity index is 447. The molecule has 0 aromatic heterocycles. The van der Waals surface area contributed by atoms with Gasteiger partial charge < -0.3 is 4.74 Å². The zero-order valence-corrected chi connectivity index (χ0v) is 9.71. The number of hydrogen-bond acceptors (Lipinski definition) is 4. The molecule has 5 nitrogen and oxygen atoms in total. The molecular weight excluding hydrogens is 257 g/mol. The van der Waals surface area contributed by atoms with Gasteiger partial charge in [-0.2, -0.15) is 0 Å². The van der Waals surface area contributed by atoms with Gasteiger partial charge in [-0.1, -0.05) is 23.2 Å². The third kappa shape index (κ3) is 2.62. The number of ether oxygens (including phenoxy) is 1. The van der Waals surface area contributed by atoms with Crippen LogP contribution in [-0.2, 0) is 4.74 Å². The highest BCUT2D eigenvalue weighted by Gasteiger charge is 2.25. The molecule has 16 heavy (non-hydrogen) atoms. The molecule has 0 saturated carbocycles. The van der Waals surface area contributed by atoms with Gasteiger partial charge in [0.1, 0.15) is 0 Å². The lowest BCUT2D eigenvalue weighted by Gasteiger charge is -2.05. The van der Waals surface area contributed by atoms with Gasteiger partial charge in [-0.25, -0.2) is 4.79 Å². The summed E-state index contributed by atoms with van der Waals surface area (Å²) in [6.07, 6.45) is 0. The van der Waals surface area contributed by atoms with Crippen molar-refractivity contribution in [2.45, 2.75) is 6.92 Å². The largest absolute Gasteiger partial charge is 0.462 e. The normalized spacial score (nSPS) is 9.94. The van der Waals surface area contributed by atoms with Crippen molar-refractivity contribution < 1.29 is 14.5 Å². The van der Waals surface area contributed by atoms with E-state index in [0.29, 0.717) is 0 Å². The molecule has 1 aromatic rings. The number of carbonyl (C=O) groups is 1. The molecule has 0 unspecified atom stereocenters. The number of carbonyl (C=O) groups excluding carboxylic acids is 1. The predicted octanol–water partition coefficient (Wildman–Crippen LogP) is 3.08. The topological polar surface area (TPSA) is 69.4 Å². The average molecular weight is 264 g/mol. The Morgan fingerprint density at radius 3 is 2.62 bits per heavy atom. The zero-order valence-electron chi connectivity index (χ0n) is 8.20. The van der Waals surface area contributed by atoms with E-state index in [-0.39, 0.29) is 22.2 Å². The lowest BCUT2D eigenvalue weighted by Crippen LogP contribution is -2.08. The number of nitro groups is 1. The van der Waals surface area contributed by atoms with Gasteiger partial charge in [0.05, 0.1) is 16.6 Å². The van der Waals surface area contributed by atoms with Crippen molar-refractivity contribution in [3.05, 3.63) is 37.9 Å². The van der Waals surface area contributed by atoms with Crippen molar-refractivity contribution in [3.63, 3.8) is 0 Å². The summed E-state index contributed by atoms with van der Waals surface area (Å²) in [6, 6.07) is 2.31. The molecule has 0 spiro atoms. The van der Waals surface area contributed by atoms with Crippen LogP contribution < -0.4 is 0 Å². The Balaban J connectivity index is 3.35. The number of nitro benzene ring substituents is 1. The van der Waals surface area contributed by atoms with Crippen LogP contribution in [0.5, 0.6) is 0 Å². The van der Waals surface area contributed by atoms with Gasteiger partial charge in [0.25, 0.3) is 5.69 Å². The fourth-order valence-corrected chi connectivity index (χ4v) is 1.67. The lowest BCUT2D eigenvalue weighted by molar-refractivity contribution is -0.385. The minimum absolute atomic E-state index is 0.0877. The van der Waals surface area contributed by atoms with Crippen LogP contribution >= 0.6 is 23.2 Å². The Morgan fingerprint density at radius 1 is 1.50 bits per heavy atom. The van der Waals surface area contributed by atoms with Gasteiger partial charge in [-0.3, -0.25) is 10.1 Å². The Morgan fingerprint density at radius 2 is 2.12 bits per heavy atom. The summed E-state index contributed by atoms with van der Waals surface area (Å²) in [6.45, 7) is 1.70. The van der Waals surface area contributed by atoms with Crippen molar-refractivity contribution in [3.8, 4) is 0 Å². The molecule has 0 bridgehead atoms. The van der Waals surface area contributed by atoms with E-state index in [1.54, 1.807) is 6.92 Å². The molecule has 0 aliphatic heterocycles. The van der Waals surface area contributed by atoms with Crippen LogP contribution in [-0.4, -0.2) is 17.5 Å². The van der Waals surface area contributed by atoms with Crippen molar-refractivity contribution in [2.24, 2.45) is 0 Å². The highest BCUT2D eigenvalue weighted by atomic mass is 35.5. The number of rotatable bonds is 3. The van der Waals surface area contributed by atoms with E-state index in [1.807, 2.05) is 0 Å². The number of hydrogen-bond donors (Lipinski definition) is 0. The molecule has 0 N–H and O–H groups in total. The molecule has 0 fully saturated rings. The van der Waals surface area contributed by atoms with Crippen molar-refractivity contribution in [2.75, 3.05) is 6.61 Å². The van der Waals surface area contributed by atoms with Gasteiger partial charge in [-0.15, -0.1) is 0 Å². The second-order valence-corrected chi connectivity index (χ2v) is 3.60. The third-order valence-corrected chi connectivity index (χ3v) is 2.23. The van der Waals surface area contributed by atoms with Crippen LogP contribution in [0.4, 0.5) is 5.69 Å². The van der Waals surface area contributed by atoms with Gasteiger partial charge in [-0.05, 0) is 13.0 Å². The second kappa shape index (κ2) is 5.14. The van der Waals surface area contributed by atoms with Crippen LogP contribution in [0.3, 0.4) is 0 Å². The second-order valence-electron chi connectivity index (χ2n) is 2.76. The summed E-state index contributed by atoms with van der Waals surface area (Å²) in [4.78, 5) is 21.4. The van der Waals surface area contributed by atoms with E-state index in [0.717, 1.165) is 6.07 Å². The Labute approximate surface area is 101 Å². The maximum Gasteiger partial charge on any atom is 0.346 e. The molecule has 0 aliphatic rings. The predicted molar refractivity (Wildman–Crippen MR) is 59.1 cm³/mol. The summed E-state index contributed by atoms with van der Waals surface area (Å²) < 4.78 is 4.67. The Hall–Kier alpha value is -1.33. The van der Waals surface area contributed by atoms with E-state index >= 15 is 0 Å². The van der Waals surface area contributed by atoms with Gasteiger partial charge in [0.15, 0.2) is 5.56 Å². The quantitative estimate of drug-likeness (QED) is 0.478. The molecular formula is C9H7Cl2NO4. The fourth-order valence-electron chi connectivity index (χ4n) is 1.11. The van der Waals surface area contributed by atoms with Crippen LogP contribution in [0.1, 0.15) is 17.3 Å². The summed E-state index contributed by atoms with van der Waals surface area (Å²) in [7, 11) is 0. The van der Waals surface area contributed by atoms with E-state index < -0.39 is 16.6 Å². The van der Waals surface area contributed by atoms with Crippen LogP contribution in [0.15, 0.2) is 12.1 Å². The van der Waals surface area contributed by atoms with Crippen molar-refractivity contribution >= 4 is 34.9 Å². The lowest BCUT2D eigenvalue weighted by atomic mass is 10.2. The zero-order chi connectivity index (χ0) is 12.3. The first kappa shape index (κ1) is 12.7. The number of nitrogens with zero attached hydrogens (tertiary/aromatic N) is 1. The summed E-state index contributed by atoms with van der Waals surface area (Å²) >= 11 is 11.3. The van der Waals surface area contributed by atoms with Gasteiger partial charge >= 0.3 is 5.97 Å². The highest BCUT2D eigenvalue weighted by molar-refractivity contribution is 6.37. The fraction of sp³-hybridized carbons (Fsp3) is 0.222. The van der Waals surface area contributed by atoms with Crippen LogP contribution in [0.2, 0.25) is 10.0 Å². The maximum atomic E-state index is 11.4. The molecule has 0 amide bonds. The van der Waals surface area contributed by atoms with E-state index in [4.69, 9.17) is 23.2 Å². The van der Waals surface area contributed by atoms with E-state index in [2.05, 4.69) is 4.74 Å². The highest BCUT2D eigenvalue weighted by Crippen LogP contribution is 2.31. The number of benzene rings is 1. The first-order chi connectivity index (χ1) is 7.47. The average Bonchev–Trinajstić information content (AvgIpc) is 2.16. The van der Waals surface area contributed by atoms with Crippen molar-refractivity contribution in [1.82, 2.24) is 0 Å². The van der Waals surface area contributed by atoms with E-state index in [9.17, 15) is 14.9 Å². The van der Waals surface area contributed by atoms with Gasteiger partial charge in [0.2, 0.25) is 0 Å².